The van der Waals surface area contributed by atoms with Crippen LogP contribution in [0.15, 0.2) is 48.5 Å². The lowest BCUT2D eigenvalue weighted by molar-refractivity contribution is 0.0726. The molecule has 148 valence electrons. The second-order valence-electron chi connectivity index (χ2n) is 8.18. The lowest BCUT2D eigenvalue weighted by Gasteiger charge is -2.41. The third-order valence-corrected chi connectivity index (χ3v) is 5.95. The van der Waals surface area contributed by atoms with E-state index in [0.717, 1.165) is 43.8 Å². The SMILES string of the molecule is Cc1cccc(N2CCN(C(=O)c3ccc(OC4CCCC4)cc3)C[C@H]2C)c1. The fourth-order valence-corrected chi connectivity index (χ4v) is 4.39. The molecule has 2 aromatic rings. The van der Waals surface area contributed by atoms with Crippen molar-refractivity contribution in [2.24, 2.45) is 0 Å². The number of benzene rings is 2. The summed E-state index contributed by atoms with van der Waals surface area (Å²) >= 11 is 0. The van der Waals surface area contributed by atoms with Gasteiger partial charge < -0.3 is 14.5 Å². The van der Waals surface area contributed by atoms with Crippen LogP contribution in [0, 0.1) is 6.92 Å². The molecule has 0 spiro atoms. The molecule has 1 amide bonds. The Morgan fingerprint density at radius 1 is 1.04 bits per heavy atom. The largest absolute Gasteiger partial charge is 0.490 e. The van der Waals surface area contributed by atoms with E-state index in [-0.39, 0.29) is 5.91 Å². The Morgan fingerprint density at radius 2 is 1.79 bits per heavy atom. The summed E-state index contributed by atoms with van der Waals surface area (Å²) in [7, 11) is 0. The number of aryl methyl sites for hydroxylation is 1. The van der Waals surface area contributed by atoms with Crippen LogP contribution in [0.5, 0.6) is 5.75 Å². The van der Waals surface area contributed by atoms with Gasteiger partial charge in [-0.05, 0) is 81.5 Å². The first-order valence-corrected chi connectivity index (χ1v) is 10.5. The molecule has 1 aliphatic heterocycles. The van der Waals surface area contributed by atoms with Gasteiger partial charge >= 0.3 is 0 Å². The molecule has 1 saturated carbocycles. The Balaban J connectivity index is 1.37. The maximum atomic E-state index is 13.0. The van der Waals surface area contributed by atoms with Crippen LogP contribution in [-0.2, 0) is 0 Å². The second kappa shape index (κ2) is 8.26. The topological polar surface area (TPSA) is 32.8 Å². The van der Waals surface area contributed by atoms with Gasteiger partial charge in [0, 0.05) is 36.9 Å². The molecule has 0 bridgehead atoms. The van der Waals surface area contributed by atoms with Crippen LogP contribution in [0.3, 0.4) is 0 Å². The minimum absolute atomic E-state index is 0.114. The van der Waals surface area contributed by atoms with E-state index in [2.05, 4.69) is 43.0 Å². The highest BCUT2D eigenvalue weighted by atomic mass is 16.5. The van der Waals surface area contributed by atoms with E-state index in [1.807, 2.05) is 29.2 Å². The summed E-state index contributed by atoms with van der Waals surface area (Å²) in [6, 6.07) is 16.6. The van der Waals surface area contributed by atoms with Crippen LogP contribution in [0.1, 0.15) is 48.5 Å². The summed E-state index contributed by atoms with van der Waals surface area (Å²) in [5.74, 6) is 0.990. The summed E-state index contributed by atoms with van der Waals surface area (Å²) in [4.78, 5) is 17.3. The third-order valence-electron chi connectivity index (χ3n) is 5.95. The highest BCUT2D eigenvalue weighted by Crippen LogP contribution is 2.25. The summed E-state index contributed by atoms with van der Waals surface area (Å²) in [6.45, 7) is 6.66. The standard InChI is InChI=1S/C24H30N2O2/c1-18-6-5-7-21(16-18)26-15-14-25(17-19(26)2)24(27)20-10-12-23(13-11-20)28-22-8-3-4-9-22/h5-7,10-13,16,19,22H,3-4,8-9,14-15,17H2,1-2H3/t19-/m1/s1. The number of amides is 1. The molecule has 1 heterocycles. The molecule has 0 aromatic heterocycles. The van der Waals surface area contributed by atoms with E-state index in [9.17, 15) is 4.79 Å². The zero-order valence-corrected chi connectivity index (χ0v) is 16.9. The Bertz CT molecular complexity index is 812. The number of nitrogens with zero attached hydrogens (tertiary/aromatic N) is 2. The molecule has 0 radical (unpaired) electrons. The number of piperazine rings is 1. The maximum absolute atomic E-state index is 13.0. The Kier molecular flexibility index (Phi) is 5.56. The number of ether oxygens (including phenoxy) is 1. The van der Waals surface area contributed by atoms with E-state index in [0.29, 0.717) is 12.1 Å². The first-order valence-electron chi connectivity index (χ1n) is 10.5. The fraction of sp³-hybridized carbons (Fsp3) is 0.458. The molecule has 4 rings (SSSR count). The van der Waals surface area contributed by atoms with Crippen molar-refractivity contribution < 1.29 is 9.53 Å². The Morgan fingerprint density at radius 3 is 2.46 bits per heavy atom. The van der Waals surface area contributed by atoms with Crippen LogP contribution in [0.4, 0.5) is 5.69 Å². The zero-order chi connectivity index (χ0) is 19.5. The van der Waals surface area contributed by atoms with Gasteiger partial charge in [-0.1, -0.05) is 12.1 Å². The monoisotopic (exact) mass is 378 g/mol. The van der Waals surface area contributed by atoms with Gasteiger partial charge in [0.05, 0.1) is 6.10 Å². The average molecular weight is 379 g/mol. The van der Waals surface area contributed by atoms with Crippen molar-refractivity contribution in [3.05, 3.63) is 59.7 Å². The second-order valence-corrected chi connectivity index (χ2v) is 8.18. The molecular formula is C24H30N2O2. The number of hydrogen-bond acceptors (Lipinski definition) is 3. The van der Waals surface area contributed by atoms with E-state index in [1.54, 1.807) is 0 Å². The number of rotatable bonds is 4. The predicted molar refractivity (Wildman–Crippen MR) is 113 cm³/mol. The first-order chi connectivity index (χ1) is 13.6. The summed E-state index contributed by atoms with van der Waals surface area (Å²) in [5.41, 5.74) is 3.26. The molecule has 0 N–H and O–H groups in total. The summed E-state index contributed by atoms with van der Waals surface area (Å²) in [6.07, 6.45) is 5.15. The fourth-order valence-electron chi connectivity index (χ4n) is 4.39. The van der Waals surface area contributed by atoms with Crippen molar-refractivity contribution in [3.63, 3.8) is 0 Å². The molecule has 4 nitrogen and oxygen atoms in total. The lowest BCUT2D eigenvalue weighted by atomic mass is 10.1. The van der Waals surface area contributed by atoms with E-state index in [4.69, 9.17) is 4.74 Å². The molecule has 2 aliphatic rings. The molecule has 4 heteroatoms. The molecule has 1 atom stereocenters. The number of anilines is 1. The van der Waals surface area contributed by atoms with E-state index in [1.165, 1.54) is 24.1 Å². The van der Waals surface area contributed by atoms with Gasteiger partial charge in [0.15, 0.2) is 0 Å². The highest BCUT2D eigenvalue weighted by Gasteiger charge is 2.27. The van der Waals surface area contributed by atoms with Crippen molar-refractivity contribution in [1.82, 2.24) is 4.90 Å². The van der Waals surface area contributed by atoms with Crippen molar-refractivity contribution >= 4 is 11.6 Å². The van der Waals surface area contributed by atoms with Crippen molar-refractivity contribution in [1.29, 1.82) is 0 Å². The quantitative estimate of drug-likeness (QED) is 0.775. The van der Waals surface area contributed by atoms with Crippen LogP contribution in [0.25, 0.3) is 0 Å². The van der Waals surface area contributed by atoms with Crippen LogP contribution >= 0.6 is 0 Å². The smallest absolute Gasteiger partial charge is 0.253 e. The summed E-state index contributed by atoms with van der Waals surface area (Å²) < 4.78 is 6.01. The minimum Gasteiger partial charge on any atom is -0.490 e. The predicted octanol–water partition coefficient (Wildman–Crippen LogP) is 4.67. The van der Waals surface area contributed by atoms with Gasteiger partial charge in [0.25, 0.3) is 5.91 Å². The zero-order valence-electron chi connectivity index (χ0n) is 16.9. The van der Waals surface area contributed by atoms with Crippen molar-refractivity contribution in [2.75, 3.05) is 24.5 Å². The van der Waals surface area contributed by atoms with Crippen molar-refractivity contribution in [3.8, 4) is 5.75 Å². The molecule has 28 heavy (non-hydrogen) atoms. The summed E-state index contributed by atoms with van der Waals surface area (Å²) in [5, 5.41) is 0. The van der Waals surface area contributed by atoms with Crippen molar-refractivity contribution in [2.45, 2.75) is 51.7 Å². The molecular weight excluding hydrogens is 348 g/mol. The van der Waals surface area contributed by atoms with Gasteiger partial charge in [0.2, 0.25) is 0 Å². The van der Waals surface area contributed by atoms with Gasteiger partial charge in [-0.25, -0.2) is 0 Å². The molecule has 1 saturated heterocycles. The Labute approximate surface area is 168 Å². The number of hydrogen-bond donors (Lipinski definition) is 0. The molecule has 2 aromatic carbocycles. The van der Waals surface area contributed by atoms with E-state index < -0.39 is 0 Å². The normalized spacial score (nSPS) is 20.4. The van der Waals surface area contributed by atoms with Gasteiger partial charge in [-0.15, -0.1) is 0 Å². The highest BCUT2D eigenvalue weighted by molar-refractivity contribution is 5.94. The molecule has 2 fully saturated rings. The van der Waals surface area contributed by atoms with Gasteiger partial charge in [0.1, 0.15) is 5.75 Å². The van der Waals surface area contributed by atoms with Gasteiger partial charge in [-0.3, -0.25) is 4.79 Å². The number of carbonyl (C=O) groups excluding carboxylic acids is 1. The molecule has 1 aliphatic carbocycles. The van der Waals surface area contributed by atoms with Crippen LogP contribution < -0.4 is 9.64 Å². The van der Waals surface area contributed by atoms with Crippen LogP contribution in [0.2, 0.25) is 0 Å². The Hall–Kier alpha value is -2.49. The van der Waals surface area contributed by atoms with Gasteiger partial charge in [-0.2, -0.15) is 0 Å². The first kappa shape index (κ1) is 18.9. The average Bonchev–Trinajstić information content (AvgIpc) is 3.21. The third kappa shape index (κ3) is 4.16. The minimum atomic E-state index is 0.114. The van der Waals surface area contributed by atoms with E-state index >= 15 is 0 Å². The molecule has 0 unspecified atom stereocenters. The maximum Gasteiger partial charge on any atom is 0.253 e. The number of carbonyl (C=O) groups is 1. The lowest BCUT2D eigenvalue weighted by Crippen LogP contribution is -2.53. The van der Waals surface area contributed by atoms with Crippen LogP contribution in [-0.4, -0.2) is 42.6 Å².